The van der Waals surface area contributed by atoms with E-state index < -0.39 is 5.60 Å². The quantitative estimate of drug-likeness (QED) is 0.893. The Morgan fingerprint density at radius 3 is 2.70 bits per heavy atom. The fourth-order valence-corrected chi connectivity index (χ4v) is 2.98. The third-order valence-corrected chi connectivity index (χ3v) is 4.25. The number of nitrogens with zero attached hydrogens (tertiary/aromatic N) is 5. The zero-order valence-corrected chi connectivity index (χ0v) is 13.2. The van der Waals surface area contributed by atoms with Crippen LogP contribution in [-0.4, -0.2) is 55.3 Å². The average Bonchev–Trinajstić information content (AvgIpc) is 3.17. The van der Waals surface area contributed by atoms with Crippen molar-refractivity contribution in [1.82, 2.24) is 25.1 Å². The van der Waals surface area contributed by atoms with Crippen LogP contribution < -0.4 is 0 Å². The first-order valence-electron chi connectivity index (χ1n) is 7.85. The molecule has 0 saturated heterocycles. The van der Waals surface area contributed by atoms with E-state index in [1.807, 2.05) is 30.3 Å². The number of amides is 1. The lowest BCUT2D eigenvalue weighted by atomic mass is 10.0. The van der Waals surface area contributed by atoms with E-state index in [0.29, 0.717) is 12.4 Å². The molecule has 1 amide bonds. The maximum atomic E-state index is 12.3. The molecular formula is C16H21N5O2. The third-order valence-electron chi connectivity index (χ3n) is 4.25. The molecule has 1 saturated carbocycles. The van der Waals surface area contributed by atoms with Crippen LogP contribution in [0, 0.1) is 0 Å². The molecule has 1 fully saturated rings. The molecule has 3 rings (SSSR count). The van der Waals surface area contributed by atoms with Gasteiger partial charge in [0, 0.05) is 19.2 Å². The summed E-state index contributed by atoms with van der Waals surface area (Å²) in [6, 6.07) is 9.50. The second-order valence-corrected chi connectivity index (χ2v) is 6.19. The van der Waals surface area contributed by atoms with E-state index in [4.69, 9.17) is 0 Å². The minimum absolute atomic E-state index is 0.0203. The van der Waals surface area contributed by atoms with Crippen LogP contribution in [0.3, 0.4) is 0 Å². The van der Waals surface area contributed by atoms with Gasteiger partial charge in [-0.2, -0.15) is 4.80 Å². The van der Waals surface area contributed by atoms with Gasteiger partial charge in [-0.05, 0) is 18.1 Å². The molecule has 23 heavy (non-hydrogen) atoms. The number of tetrazole rings is 1. The van der Waals surface area contributed by atoms with E-state index in [-0.39, 0.29) is 12.5 Å². The van der Waals surface area contributed by atoms with Gasteiger partial charge in [-0.25, -0.2) is 0 Å². The van der Waals surface area contributed by atoms with E-state index in [9.17, 15) is 9.90 Å². The van der Waals surface area contributed by atoms with Crippen LogP contribution in [0.2, 0.25) is 0 Å². The summed E-state index contributed by atoms with van der Waals surface area (Å²) in [5.41, 5.74) is 0.120. The molecule has 1 aromatic carbocycles. The topological polar surface area (TPSA) is 84.1 Å². The maximum absolute atomic E-state index is 12.3. The number of hydrogen-bond acceptors (Lipinski definition) is 5. The average molecular weight is 315 g/mol. The van der Waals surface area contributed by atoms with Gasteiger partial charge in [0.15, 0.2) is 0 Å². The molecule has 1 aliphatic carbocycles. The fourth-order valence-electron chi connectivity index (χ4n) is 2.98. The van der Waals surface area contributed by atoms with E-state index in [1.165, 1.54) is 4.80 Å². The van der Waals surface area contributed by atoms with Crippen molar-refractivity contribution in [3.63, 3.8) is 0 Å². The highest BCUT2D eigenvalue weighted by molar-refractivity contribution is 5.75. The van der Waals surface area contributed by atoms with Gasteiger partial charge in [-0.15, -0.1) is 10.2 Å². The molecule has 1 aromatic heterocycles. The van der Waals surface area contributed by atoms with E-state index in [1.54, 1.807) is 11.9 Å². The van der Waals surface area contributed by atoms with Crippen molar-refractivity contribution in [3.05, 3.63) is 30.3 Å². The number of benzene rings is 1. The first-order chi connectivity index (χ1) is 11.1. The summed E-state index contributed by atoms with van der Waals surface area (Å²) in [4.78, 5) is 15.1. The minimum Gasteiger partial charge on any atom is -0.388 e. The summed E-state index contributed by atoms with van der Waals surface area (Å²) in [6.45, 7) is 0.373. The molecule has 1 heterocycles. The van der Waals surface area contributed by atoms with Crippen molar-refractivity contribution in [2.45, 2.75) is 37.8 Å². The van der Waals surface area contributed by atoms with Gasteiger partial charge in [-0.1, -0.05) is 43.2 Å². The molecule has 2 aromatic rings. The van der Waals surface area contributed by atoms with Crippen molar-refractivity contribution in [1.29, 1.82) is 0 Å². The van der Waals surface area contributed by atoms with Gasteiger partial charge in [0.2, 0.25) is 11.7 Å². The molecule has 0 spiro atoms. The molecular weight excluding hydrogens is 294 g/mol. The predicted octanol–water partition coefficient (Wildman–Crippen LogP) is 1.10. The fraction of sp³-hybridized carbons (Fsp3) is 0.500. The standard InChI is InChI=1S/C16H21N5O2/c1-20(12-16(23)9-5-6-10-16)14(22)11-21-18-15(17-19-21)13-7-3-2-4-8-13/h2-4,7-8,23H,5-6,9-12H2,1H3. The van der Waals surface area contributed by atoms with Crippen molar-refractivity contribution in [2.24, 2.45) is 0 Å². The van der Waals surface area contributed by atoms with Crippen LogP contribution >= 0.6 is 0 Å². The van der Waals surface area contributed by atoms with Crippen molar-refractivity contribution in [2.75, 3.05) is 13.6 Å². The first kappa shape index (κ1) is 15.6. The Morgan fingerprint density at radius 1 is 1.30 bits per heavy atom. The molecule has 1 N–H and O–H groups in total. The van der Waals surface area contributed by atoms with Crippen LogP contribution in [0.5, 0.6) is 0 Å². The number of carbonyl (C=O) groups excluding carboxylic acids is 1. The zero-order valence-electron chi connectivity index (χ0n) is 13.2. The van der Waals surface area contributed by atoms with Crippen LogP contribution in [0.25, 0.3) is 11.4 Å². The molecule has 0 bridgehead atoms. The van der Waals surface area contributed by atoms with Crippen LogP contribution in [-0.2, 0) is 11.3 Å². The normalized spacial score (nSPS) is 16.4. The predicted molar refractivity (Wildman–Crippen MR) is 84.3 cm³/mol. The van der Waals surface area contributed by atoms with Gasteiger partial charge in [0.25, 0.3) is 0 Å². The summed E-state index contributed by atoms with van der Waals surface area (Å²) in [5.74, 6) is 0.359. The van der Waals surface area contributed by atoms with Gasteiger partial charge in [0.1, 0.15) is 6.54 Å². The number of likely N-dealkylation sites (N-methyl/N-ethyl adjacent to an activating group) is 1. The molecule has 0 atom stereocenters. The smallest absolute Gasteiger partial charge is 0.246 e. The zero-order chi connectivity index (χ0) is 16.3. The lowest BCUT2D eigenvalue weighted by molar-refractivity contribution is -0.134. The highest BCUT2D eigenvalue weighted by Crippen LogP contribution is 2.29. The van der Waals surface area contributed by atoms with Crippen molar-refractivity contribution in [3.8, 4) is 11.4 Å². The Morgan fingerprint density at radius 2 is 2.00 bits per heavy atom. The van der Waals surface area contributed by atoms with Crippen molar-refractivity contribution >= 4 is 5.91 Å². The summed E-state index contributed by atoms with van der Waals surface area (Å²) in [5, 5.41) is 22.5. The van der Waals surface area contributed by atoms with Crippen LogP contribution in [0.4, 0.5) is 0 Å². The Labute approximate surface area is 134 Å². The Bertz CT molecular complexity index is 664. The Kier molecular flexibility index (Phi) is 4.38. The second kappa shape index (κ2) is 6.45. The maximum Gasteiger partial charge on any atom is 0.246 e. The highest BCUT2D eigenvalue weighted by atomic mass is 16.3. The van der Waals surface area contributed by atoms with Gasteiger partial charge in [0.05, 0.1) is 5.60 Å². The Balaban J connectivity index is 1.61. The van der Waals surface area contributed by atoms with E-state index in [2.05, 4.69) is 15.4 Å². The van der Waals surface area contributed by atoms with Gasteiger partial charge < -0.3 is 10.0 Å². The number of rotatable bonds is 5. The summed E-state index contributed by atoms with van der Waals surface area (Å²) in [6.07, 6.45) is 3.54. The summed E-state index contributed by atoms with van der Waals surface area (Å²) in [7, 11) is 1.70. The third kappa shape index (κ3) is 3.73. The monoisotopic (exact) mass is 315 g/mol. The molecule has 0 aliphatic heterocycles. The number of carbonyl (C=O) groups is 1. The van der Waals surface area contributed by atoms with Gasteiger partial charge >= 0.3 is 0 Å². The van der Waals surface area contributed by atoms with Crippen LogP contribution in [0.1, 0.15) is 25.7 Å². The van der Waals surface area contributed by atoms with Crippen molar-refractivity contribution < 1.29 is 9.90 Å². The lowest BCUT2D eigenvalue weighted by Crippen LogP contribution is -2.43. The number of aromatic nitrogens is 4. The molecule has 0 radical (unpaired) electrons. The summed E-state index contributed by atoms with van der Waals surface area (Å²) >= 11 is 0. The highest BCUT2D eigenvalue weighted by Gasteiger charge is 2.33. The molecule has 0 unspecified atom stereocenters. The Hall–Kier alpha value is -2.28. The molecule has 1 aliphatic rings. The largest absolute Gasteiger partial charge is 0.388 e. The van der Waals surface area contributed by atoms with Crippen LogP contribution in [0.15, 0.2) is 30.3 Å². The molecule has 7 nitrogen and oxygen atoms in total. The van der Waals surface area contributed by atoms with E-state index >= 15 is 0 Å². The number of hydrogen-bond donors (Lipinski definition) is 1. The SMILES string of the molecule is CN(CC1(O)CCCC1)C(=O)Cn1nnc(-c2ccccc2)n1. The summed E-state index contributed by atoms with van der Waals surface area (Å²) < 4.78 is 0. The number of aliphatic hydroxyl groups is 1. The molecule has 7 heteroatoms. The first-order valence-corrected chi connectivity index (χ1v) is 7.85. The second-order valence-electron chi connectivity index (χ2n) is 6.19. The minimum atomic E-state index is -0.741. The van der Waals surface area contributed by atoms with E-state index in [0.717, 1.165) is 31.2 Å². The molecule has 122 valence electrons. The lowest BCUT2D eigenvalue weighted by Gasteiger charge is -2.28. The van der Waals surface area contributed by atoms with Gasteiger partial charge in [-0.3, -0.25) is 4.79 Å².